The molecule has 4 rings (SSSR count). The third kappa shape index (κ3) is 5.53. The van der Waals surface area contributed by atoms with Crippen LogP contribution in [0.25, 0.3) is 5.82 Å². The van der Waals surface area contributed by atoms with Crippen LogP contribution in [0.15, 0.2) is 63.2 Å². The predicted octanol–water partition coefficient (Wildman–Crippen LogP) is 3.34. The first-order valence-corrected chi connectivity index (χ1v) is 11.4. The lowest BCUT2D eigenvalue weighted by Crippen LogP contribution is -2.20. The Morgan fingerprint density at radius 1 is 1.24 bits per heavy atom. The fraction of sp³-hybridized carbons (Fsp3) is 0.143. The molecule has 174 valence electrons. The van der Waals surface area contributed by atoms with E-state index in [1.165, 1.54) is 22.7 Å². The van der Waals surface area contributed by atoms with E-state index in [9.17, 15) is 4.79 Å². The summed E-state index contributed by atoms with van der Waals surface area (Å²) < 4.78 is 11.4. The number of hydrogen-bond donors (Lipinski definition) is 2. The number of anilines is 1. The summed E-state index contributed by atoms with van der Waals surface area (Å²) in [6.45, 7) is 2.50. The number of nitrogens with two attached hydrogens (primary N) is 1. The van der Waals surface area contributed by atoms with Gasteiger partial charge in [0.1, 0.15) is 5.75 Å². The van der Waals surface area contributed by atoms with E-state index in [2.05, 4.69) is 35.8 Å². The molecule has 3 N–H and O–H groups in total. The topological polar surface area (TPSA) is 146 Å². The van der Waals surface area contributed by atoms with E-state index < -0.39 is 5.91 Å². The Bertz CT molecular complexity index is 1290. The number of nitrogens with one attached hydrogen (secondary N) is 1. The summed E-state index contributed by atoms with van der Waals surface area (Å²) in [6, 6.07) is 14.6. The van der Waals surface area contributed by atoms with Gasteiger partial charge in [-0.2, -0.15) is 9.78 Å². The molecule has 0 aliphatic carbocycles. The van der Waals surface area contributed by atoms with Crippen LogP contribution in [0.3, 0.4) is 0 Å². The van der Waals surface area contributed by atoms with Crippen LogP contribution in [0.2, 0.25) is 5.02 Å². The maximum absolute atomic E-state index is 12.8. The van der Waals surface area contributed by atoms with Gasteiger partial charge in [0.15, 0.2) is 5.69 Å². The van der Waals surface area contributed by atoms with Crippen molar-refractivity contribution in [2.45, 2.75) is 17.6 Å². The number of hydrogen-bond acceptors (Lipinski definition) is 10. The van der Waals surface area contributed by atoms with Crippen molar-refractivity contribution in [2.24, 2.45) is 5.10 Å². The van der Waals surface area contributed by atoms with Crippen LogP contribution in [0, 0.1) is 0 Å². The van der Waals surface area contributed by atoms with E-state index in [-0.39, 0.29) is 17.3 Å². The van der Waals surface area contributed by atoms with Crippen molar-refractivity contribution in [1.82, 2.24) is 30.7 Å². The molecule has 0 aliphatic rings. The van der Waals surface area contributed by atoms with E-state index >= 15 is 0 Å². The number of hydrazone groups is 1. The molecule has 4 aromatic rings. The third-order valence-corrected chi connectivity index (χ3v) is 5.71. The SMILES string of the molecule is CCOc1ccc(/C=N/NC(=O)c2nnn(-c3nonc3N)c2CSc2ccc(Cl)cc2)cc1. The second-order valence-corrected chi connectivity index (χ2v) is 8.20. The fourth-order valence-electron chi connectivity index (χ4n) is 2.83. The molecule has 0 saturated heterocycles. The lowest BCUT2D eigenvalue weighted by molar-refractivity contribution is 0.0949. The Labute approximate surface area is 203 Å². The first kappa shape index (κ1) is 23.3. The number of carbonyl (C=O) groups is 1. The second kappa shape index (κ2) is 10.8. The van der Waals surface area contributed by atoms with Crippen LogP contribution in [0.5, 0.6) is 5.75 Å². The van der Waals surface area contributed by atoms with Crippen molar-refractivity contribution >= 4 is 41.3 Å². The number of thioether (sulfide) groups is 1. The molecule has 0 radical (unpaired) electrons. The smallest absolute Gasteiger partial charge is 0.293 e. The molecular formula is C21H19ClN8O3S. The Balaban J connectivity index is 1.52. The zero-order chi connectivity index (χ0) is 23.9. The summed E-state index contributed by atoms with van der Waals surface area (Å²) in [5, 5.41) is 20.0. The largest absolute Gasteiger partial charge is 0.494 e. The second-order valence-electron chi connectivity index (χ2n) is 6.71. The molecular weight excluding hydrogens is 480 g/mol. The molecule has 34 heavy (non-hydrogen) atoms. The number of amides is 1. The Morgan fingerprint density at radius 3 is 2.68 bits per heavy atom. The van der Waals surface area contributed by atoms with Crippen LogP contribution in [0.1, 0.15) is 28.7 Å². The van der Waals surface area contributed by atoms with Crippen molar-refractivity contribution in [3.05, 3.63) is 70.5 Å². The van der Waals surface area contributed by atoms with Gasteiger partial charge >= 0.3 is 0 Å². The lowest BCUT2D eigenvalue weighted by Gasteiger charge is -2.06. The van der Waals surface area contributed by atoms with Crippen molar-refractivity contribution in [3.8, 4) is 11.6 Å². The standard InChI is InChI=1S/C21H19ClN8O3S/c1-2-32-15-7-3-13(4-8-15)11-24-26-21(31)18-17(12-34-16-9-5-14(22)6-10-16)30(29-25-18)20-19(23)27-33-28-20/h3-11H,2,12H2,1H3,(H2,23,27)(H,26,31)/b24-11+. The number of aromatic nitrogens is 5. The summed E-state index contributed by atoms with van der Waals surface area (Å²) >= 11 is 7.41. The average molecular weight is 499 g/mol. The summed E-state index contributed by atoms with van der Waals surface area (Å²) in [7, 11) is 0. The zero-order valence-electron chi connectivity index (χ0n) is 17.9. The lowest BCUT2D eigenvalue weighted by atomic mass is 10.2. The Hall–Kier alpha value is -3.90. The van der Waals surface area contributed by atoms with Crippen LogP contribution < -0.4 is 15.9 Å². The minimum Gasteiger partial charge on any atom is -0.494 e. The van der Waals surface area contributed by atoms with E-state index in [0.29, 0.717) is 23.1 Å². The molecule has 13 heteroatoms. The highest BCUT2D eigenvalue weighted by Gasteiger charge is 2.24. The molecule has 0 unspecified atom stereocenters. The molecule has 2 heterocycles. The van der Waals surface area contributed by atoms with Gasteiger partial charge in [0, 0.05) is 15.7 Å². The fourth-order valence-corrected chi connectivity index (χ4v) is 3.85. The molecule has 11 nitrogen and oxygen atoms in total. The molecule has 0 spiro atoms. The van der Waals surface area contributed by atoms with Gasteiger partial charge in [0.25, 0.3) is 5.91 Å². The minimum absolute atomic E-state index is 0.0168. The maximum Gasteiger partial charge on any atom is 0.293 e. The molecule has 0 atom stereocenters. The van der Waals surface area contributed by atoms with E-state index in [1.807, 2.05) is 43.3 Å². The van der Waals surface area contributed by atoms with Crippen LogP contribution in [-0.2, 0) is 5.75 Å². The average Bonchev–Trinajstić information content (AvgIpc) is 3.45. The number of nitrogen functional groups attached to an aromatic ring is 1. The number of carbonyl (C=O) groups excluding carboxylic acids is 1. The van der Waals surface area contributed by atoms with E-state index in [1.54, 1.807) is 12.1 Å². The highest BCUT2D eigenvalue weighted by atomic mass is 35.5. The van der Waals surface area contributed by atoms with Gasteiger partial charge in [0.2, 0.25) is 11.6 Å². The quantitative estimate of drug-likeness (QED) is 0.201. The summed E-state index contributed by atoms with van der Waals surface area (Å²) in [5.41, 5.74) is 9.58. The molecule has 2 aromatic heterocycles. The summed E-state index contributed by atoms with van der Waals surface area (Å²) in [5.74, 6) is 0.686. The molecule has 0 fully saturated rings. The van der Waals surface area contributed by atoms with Crippen LogP contribution in [0.4, 0.5) is 5.82 Å². The number of benzene rings is 2. The number of nitrogens with zero attached hydrogens (tertiary/aromatic N) is 6. The first-order valence-electron chi connectivity index (χ1n) is 10.0. The van der Waals surface area contributed by atoms with Gasteiger partial charge in [-0.3, -0.25) is 4.79 Å². The Morgan fingerprint density at radius 2 is 2.00 bits per heavy atom. The summed E-state index contributed by atoms with van der Waals surface area (Å²) in [6.07, 6.45) is 1.51. The number of halogens is 1. The molecule has 0 saturated carbocycles. The Kier molecular flexibility index (Phi) is 7.40. The maximum atomic E-state index is 12.8. The molecule has 0 aliphatic heterocycles. The zero-order valence-corrected chi connectivity index (χ0v) is 19.5. The van der Waals surface area contributed by atoms with E-state index in [4.69, 9.17) is 22.1 Å². The number of ether oxygens (including phenoxy) is 1. The van der Waals surface area contributed by atoms with Gasteiger partial charge in [-0.25, -0.2) is 10.1 Å². The highest BCUT2D eigenvalue weighted by Crippen LogP contribution is 2.27. The third-order valence-electron chi connectivity index (χ3n) is 4.43. The monoisotopic (exact) mass is 498 g/mol. The van der Waals surface area contributed by atoms with Gasteiger partial charge in [0.05, 0.1) is 18.5 Å². The first-order chi connectivity index (χ1) is 16.5. The van der Waals surface area contributed by atoms with Crippen molar-refractivity contribution < 1.29 is 14.2 Å². The van der Waals surface area contributed by atoms with Gasteiger partial charge in [-0.05, 0) is 71.3 Å². The van der Waals surface area contributed by atoms with E-state index in [0.717, 1.165) is 16.2 Å². The van der Waals surface area contributed by atoms with Gasteiger partial charge in [-0.15, -0.1) is 16.9 Å². The van der Waals surface area contributed by atoms with Crippen molar-refractivity contribution in [1.29, 1.82) is 0 Å². The van der Waals surface area contributed by atoms with Crippen molar-refractivity contribution in [3.63, 3.8) is 0 Å². The normalized spacial score (nSPS) is 11.1. The minimum atomic E-state index is -0.546. The molecule has 2 aromatic carbocycles. The van der Waals surface area contributed by atoms with Crippen LogP contribution in [-0.4, -0.2) is 44.0 Å². The van der Waals surface area contributed by atoms with Crippen molar-refractivity contribution in [2.75, 3.05) is 12.3 Å². The highest BCUT2D eigenvalue weighted by molar-refractivity contribution is 7.98. The van der Waals surface area contributed by atoms with Gasteiger partial charge in [-0.1, -0.05) is 16.8 Å². The molecule has 0 bridgehead atoms. The number of rotatable bonds is 9. The van der Waals surface area contributed by atoms with Gasteiger partial charge < -0.3 is 10.5 Å². The summed E-state index contributed by atoms with van der Waals surface area (Å²) in [4.78, 5) is 13.8. The predicted molar refractivity (Wildman–Crippen MR) is 127 cm³/mol. The molecule has 1 amide bonds. The van der Waals surface area contributed by atoms with Crippen LogP contribution >= 0.6 is 23.4 Å².